The molecule has 11 heavy (non-hydrogen) atoms. The van der Waals surface area contributed by atoms with Crippen molar-refractivity contribution in [3.8, 4) is 0 Å². The Labute approximate surface area is 74.3 Å². The Kier molecular flexibility index (Phi) is 14.1. The predicted molar refractivity (Wildman–Crippen MR) is 32.2 cm³/mol. The van der Waals surface area contributed by atoms with Crippen LogP contribution in [0.2, 0.25) is 0 Å². The SMILES string of the molecule is O=[PH]([O-])O[PH](=O)[O-].OC[CH]=[Zn+2]. The van der Waals surface area contributed by atoms with Gasteiger partial charge in [0.25, 0.3) is 0 Å². The van der Waals surface area contributed by atoms with Crippen LogP contribution in [0.5, 0.6) is 0 Å². The predicted octanol–water partition coefficient (Wildman–Crippen LogP) is -2.17. The fraction of sp³-hybridized carbons (Fsp3) is 0.500. The van der Waals surface area contributed by atoms with Gasteiger partial charge >= 0.3 is 34.2 Å². The first kappa shape index (κ1) is 14.3. The van der Waals surface area contributed by atoms with E-state index in [1.54, 1.807) is 4.61 Å². The Morgan fingerprint density at radius 1 is 1.45 bits per heavy atom. The van der Waals surface area contributed by atoms with E-state index in [-0.39, 0.29) is 6.61 Å². The van der Waals surface area contributed by atoms with Crippen LogP contribution in [0.3, 0.4) is 0 Å². The van der Waals surface area contributed by atoms with Gasteiger partial charge in [-0.1, -0.05) is 0 Å². The van der Waals surface area contributed by atoms with Crippen LogP contribution in [-0.2, 0) is 31.3 Å². The summed E-state index contributed by atoms with van der Waals surface area (Å²) in [7, 11) is -7.03. The van der Waals surface area contributed by atoms with Crippen LogP contribution in [0, 0.1) is 0 Å². The Balaban J connectivity index is 0. The molecule has 0 aromatic heterocycles. The minimum atomic E-state index is -3.51. The molecular weight excluding hydrogens is 247 g/mol. The molecule has 0 spiro atoms. The number of hydrogen-bond acceptors (Lipinski definition) is 6. The van der Waals surface area contributed by atoms with Gasteiger partial charge < -0.3 is 18.9 Å². The van der Waals surface area contributed by atoms with Crippen molar-refractivity contribution in [3.63, 3.8) is 0 Å². The van der Waals surface area contributed by atoms with Crippen molar-refractivity contribution < 1.29 is 46.2 Å². The molecule has 0 amide bonds. The third-order valence-corrected chi connectivity index (χ3v) is 2.17. The summed E-state index contributed by atoms with van der Waals surface area (Å²) >= 11 is 1.09. The normalized spacial score (nSPS) is 14.3. The molecule has 0 aliphatic heterocycles. The quantitative estimate of drug-likeness (QED) is 0.453. The van der Waals surface area contributed by atoms with Gasteiger partial charge in [0.1, 0.15) is 16.5 Å². The zero-order chi connectivity index (χ0) is 9.28. The molecule has 0 fully saturated rings. The van der Waals surface area contributed by atoms with Gasteiger partial charge in [-0.25, -0.2) is 0 Å². The Morgan fingerprint density at radius 3 is 1.73 bits per heavy atom. The van der Waals surface area contributed by atoms with E-state index in [0.717, 1.165) is 17.9 Å². The number of aliphatic hydroxyl groups is 1. The number of aliphatic hydroxyl groups excluding tert-OH is 1. The second kappa shape index (κ2) is 10.8. The van der Waals surface area contributed by atoms with Crippen LogP contribution in [0.1, 0.15) is 0 Å². The number of hydrogen-bond donors (Lipinski definition) is 1. The molecule has 0 radical (unpaired) electrons. The summed E-state index contributed by atoms with van der Waals surface area (Å²) in [6, 6.07) is 0. The van der Waals surface area contributed by atoms with Crippen molar-refractivity contribution in [2.75, 3.05) is 6.61 Å². The number of rotatable bonds is 3. The molecule has 0 saturated carbocycles. The van der Waals surface area contributed by atoms with Crippen molar-refractivity contribution in [1.29, 1.82) is 0 Å². The molecule has 0 aliphatic rings. The molecule has 1 N–H and O–H groups in total. The van der Waals surface area contributed by atoms with Crippen molar-refractivity contribution in [2.24, 2.45) is 0 Å². The fourth-order valence-corrected chi connectivity index (χ4v) is 0.612. The molecule has 0 saturated heterocycles. The topological polar surface area (TPSA) is 110 Å². The van der Waals surface area contributed by atoms with Crippen LogP contribution in [-0.4, -0.2) is 16.3 Å². The Hall–Kier alpha value is 0.793. The molecule has 2 atom stereocenters. The van der Waals surface area contributed by atoms with Gasteiger partial charge in [-0.2, -0.15) is 0 Å². The van der Waals surface area contributed by atoms with Crippen LogP contribution < -0.4 is 9.79 Å². The summed E-state index contributed by atoms with van der Waals surface area (Å²) in [4.78, 5) is 18.6. The zero-order valence-electron chi connectivity index (χ0n) is 5.48. The molecule has 0 heterocycles. The summed E-state index contributed by atoms with van der Waals surface area (Å²) < 4.78 is 23.6. The van der Waals surface area contributed by atoms with Crippen LogP contribution in [0.4, 0.5) is 0 Å². The molecule has 0 aromatic carbocycles. The first-order valence-electron chi connectivity index (χ1n) is 2.36. The average Bonchev–Trinajstić information content (AvgIpc) is 1.85. The minimum absolute atomic E-state index is 0.250. The molecule has 0 bridgehead atoms. The monoisotopic (exact) mass is 252 g/mol. The molecule has 0 aromatic rings. The maximum atomic E-state index is 9.29. The second-order valence-corrected chi connectivity index (χ2v) is 4.10. The fourth-order valence-electron chi connectivity index (χ4n) is 0.0680. The maximum absolute atomic E-state index is 9.29. The molecule has 0 rings (SSSR count). The molecule has 2 unspecified atom stereocenters. The van der Waals surface area contributed by atoms with E-state index >= 15 is 0 Å². The summed E-state index contributed by atoms with van der Waals surface area (Å²) in [6.45, 7) is 0.250. The van der Waals surface area contributed by atoms with Gasteiger partial charge in [0.2, 0.25) is 0 Å². The Morgan fingerprint density at radius 2 is 1.73 bits per heavy atom. The molecule has 9 heteroatoms. The second-order valence-electron chi connectivity index (χ2n) is 1.07. The molecule has 0 aliphatic carbocycles. The molecule has 62 valence electrons. The van der Waals surface area contributed by atoms with Crippen LogP contribution >= 0.6 is 16.5 Å². The van der Waals surface area contributed by atoms with Gasteiger partial charge in [0, 0.05) is 0 Å². The summed E-state index contributed by atoms with van der Waals surface area (Å²) in [5, 5.41) is 7.85. The van der Waals surface area contributed by atoms with Gasteiger partial charge in [-0.05, 0) is 0 Å². The third-order valence-electron chi connectivity index (χ3n) is 0.296. The van der Waals surface area contributed by atoms with Gasteiger partial charge in [-0.15, -0.1) is 0 Å². The zero-order valence-corrected chi connectivity index (χ0v) is 10.4. The third kappa shape index (κ3) is 24.9. The van der Waals surface area contributed by atoms with Crippen molar-refractivity contribution in [2.45, 2.75) is 0 Å². The first-order valence-corrected chi connectivity index (χ1v) is 6.52. The van der Waals surface area contributed by atoms with Crippen molar-refractivity contribution in [1.82, 2.24) is 0 Å². The van der Waals surface area contributed by atoms with E-state index in [1.807, 2.05) is 0 Å². The van der Waals surface area contributed by atoms with E-state index < -0.39 is 16.5 Å². The van der Waals surface area contributed by atoms with E-state index in [2.05, 4.69) is 4.31 Å². The molecular formula is C2H6O6P2Zn. The van der Waals surface area contributed by atoms with Crippen molar-refractivity contribution in [3.05, 3.63) is 0 Å². The van der Waals surface area contributed by atoms with Crippen LogP contribution in [0.15, 0.2) is 0 Å². The van der Waals surface area contributed by atoms with Crippen molar-refractivity contribution >= 4 is 21.1 Å². The molecule has 6 nitrogen and oxygen atoms in total. The van der Waals surface area contributed by atoms with Gasteiger partial charge in [-0.3, -0.25) is 4.31 Å². The summed E-state index contributed by atoms with van der Waals surface area (Å²) in [5.41, 5.74) is 0. The van der Waals surface area contributed by atoms with E-state index in [9.17, 15) is 18.9 Å². The first-order chi connectivity index (χ1) is 5.04. The average molecular weight is 253 g/mol. The summed E-state index contributed by atoms with van der Waals surface area (Å²) in [6.07, 6.45) is 0. The van der Waals surface area contributed by atoms with E-state index in [0.29, 0.717) is 0 Å². The Bertz CT molecular complexity index is 136. The van der Waals surface area contributed by atoms with Crippen LogP contribution in [0.25, 0.3) is 0 Å². The van der Waals surface area contributed by atoms with E-state index in [1.165, 1.54) is 0 Å². The standard InChI is InChI=1S/C2H4O.H4O5P2.Zn/c1-2-3;1-6(2)5-7(3)4;/h1,3H,2H2;6-7H,(H,1,2)(H,3,4);/q;;+2/p-2. The summed E-state index contributed by atoms with van der Waals surface area (Å²) in [5.74, 6) is 0. The van der Waals surface area contributed by atoms with Gasteiger partial charge in [0.15, 0.2) is 0 Å². The van der Waals surface area contributed by atoms with Gasteiger partial charge in [0.05, 0.1) is 0 Å². The van der Waals surface area contributed by atoms with E-state index in [4.69, 9.17) is 5.11 Å².